The minimum atomic E-state index is -3.09. The highest BCUT2D eigenvalue weighted by atomic mass is 32.2. The summed E-state index contributed by atoms with van der Waals surface area (Å²) >= 11 is 0. The van der Waals surface area contributed by atoms with Crippen molar-refractivity contribution in [1.29, 1.82) is 0 Å². The van der Waals surface area contributed by atoms with Gasteiger partial charge in [-0.1, -0.05) is 6.92 Å². The zero-order valence-corrected chi connectivity index (χ0v) is 12.2. The van der Waals surface area contributed by atoms with Crippen LogP contribution in [0.2, 0.25) is 0 Å². The Hall–Kier alpha value is -0.850. The molecule has 0 aliphatic heterocycles. The van der Waals surface area contributed by atoms with Gasteiger partial charge in [0.05, 0.1) is 5.75 Å². The average molecular weight is 273 g/mol. The van der Waals surface area contributed by atoms with Crippen LogP contribution in [-0.2, 0) is 23.1 Å². The maximum Gasteiger partial charge on any atom is 0.214 e. The van der Waals surface area contributed by atoms with Gasteiger partial charge in [-0.05, 0) is 18.1 Å². The summed E-state index contributed by atoms with van der Waals surface area (Å²) in [5, 5.41) is 3.15. The Morgan fingerprint density at radius 3 is 2.72 bits per heavy atom. The van der Waals surface area contributed by atoms with Crippen molar-refractivity contribution in [2.24, 2.45) is 0 Å². The number of nitrogens with zero attached hydrogens (tertiary/aromatic N) is 2. The second kappa shape index (κ2) is 6.92. The molecule has 0 saturated heterocycles. The Morgan fingerprint density at radius 2 is 2.11 bits per heavy atom. The number of rotatable bonds is 8. The van der Waals surface area contributed by atoms with Gasteiger partial charge in [-0.25, -0.2) is 12.7 Å². The van der Waals surface area contributed by atoms with Crippen LogP contribution >= 0.6 is 0 Å². The van der Waals surface area contributed by atoms with Gasteiger partial charge in [-0.2, -0.15) is 0 Å². The summed E-state index contributed by atoms with van der Waals surface area (Å²) in [6, 6.07) is 2.06. The Labute approximate surface area is 110 Å². The molecule has 0 amide bonds. The molecule has 0 aliphatic carbocycles. The van der Waals surface area contributed by atoms with Crippen molar-refractivity contribution in [3.05, 3.63) is 24.0 Å². The molecule has 0 radical (unpaired) electrons. The van der Waals surface area contributed by atoms with Gasteiger partial charge in [-0.15, -0.1) is 0 Å². The van der Waals surface area contributed by atoms with Crippen molar-refractivity contribution in [1.82, 2.24) is 14.2 Å². The summed E-state index contributed by atoms with van der Waals surface area (Å²) in [5.74, 6) is 0.135. The van der Waals surface area contributed by atoms with E-state index in [4.69, 9.17) is 0 Å². The molecule has 0 saturated carbocycles. The Morgan fingerprint density at radius 1 is 1.39 bits per heavy atom. The standard InChI is InChI=1S/C12H23N3O2S/c1-4-7-15-8-5-12(11-15)10-13-6-9-18(16,17)14(2)3/h5,8,11,13H,4,6-7,9-10H2,1-3H3. The first kappa shape index (κ1) is 15.2. The van der Waals surface area contributed by atoms with Crippen LogP contribution in [0.3, 0.4) is 0 Å². The van der Waals surface area contributed by atoms with E-state index in [1.165, 1.54) is 9.87 Å². The molecule has 0 unspecified atom stereocenters. The molecule has 1 aromatic rings. The van der Waals surface area contributed by atoms with Gasteiger partial charge in [0.1, 0.15) is 0 Å². The lowest BCUT2D eigenvalue weighted by Crippen LogP contribution is -2.30. The molecule has 0 bridgehead atoms. The fourth-order valence-corrected chi connectivity index (χ4v) is 2.38. The molecule has 5 nitrogen and oxygen atoms in total. The second-order valence-corrected chi connectivity index (χ2v) is 6.84. The number of hydrogen-bond acceptors (Lipinski definition) is 3. The first-order valence-corrected chi connectivity index (χ1v) is 7.82. The SMILES string of the molecule is CCCn1ccc(CNCCS(=O)(=O)N(C)C)c1. The van der Waals surface area contributed by atoms with Gasteiger partial charge in [0.2, 0.25) is 10.0 Å². The second-order valence-electron chi connectivity index (χ2n) is 4.53. The molecule has 0 aromatic carbocycles. The molecule has 0 fully saturated rings. The van der Waals surface area contributed by atoms with Crippen LogP contribution in [0.5, 0.6) is 0 Å². The van der Waals surface area contributed by atoms with Crippen molar-refractivity contribution in [3.8, 4) is 0 Å². The molecule has 1 N–H and O–H groups in total. The zero-order chi connectivity index (χ0) is 13.6. The Kier molecular flexibility index (Phi) is 5.84. The van der Waals surface area contributed by atoms with Crippen molar-refractivity contribution >= 4 is 10.0 Å². The third kappa shape index (κ3) is 4.80. The molecule has 1 heterocycles. The summed E-state index contributed by atoms with van der Waals surface area (Å²) in [7, 11) is 0.0211. The average Bonchev–Trinajstić information content (AvgIpc) is 2.73. The minimum Gasteiger partial charge on any atom is -0.354 e. The van der Waals surface area contributed by atoms with Crippen LogP contribution in [-0.4, -0.2) is 43.7 Å². The quantitative estimate of drug-likeness (QED) is 0.715. The van der Waals surface area contributed by atoms with Crippen LogP contribution < -0.4 is 5.32 Å². The topological polar surface area (TPSA) is 54.3 Å². The lowest BCUT2D eigenvalue weighted by atomic mass is 10.3. The molecule has 18 heavy (non-hydrogen) atoms. The number of aromatic nitrogens is 1. The molecule has 1 aromatic heterocycles. The molecule has 0 atom stereocenters. The molecule has 6 heteroatoms. The number of hydrogen-bond donors (Lipinski definition) is 1. The van der Waals surface area contributed by atoms with Gasteiger partial charge in [0, 0.05) is 46.1 Å². The van der Waals surface area contributed by atoms with Gasteiger partial charge >= 0.3 is 0 Å². The monoisotopic (exact) mass is 273 g/mol. The molecular weight excluding hydrogens is 250 g/mol. The normalized spacial score (nSPS) is 12.2. The third-order valence-corrected chi connectivity index (χ3v) is 4.55. The Bertz CT molecular complexity index is 452. The van der Waals surface area contributed by atoms with Crippen molar-refractivity contribution in [2.75, 3.05) is 26.4 Å². The van der Waals surface area contributed by atoms with E-state index in [9.17, 15) is 8.42 Å². The van der Waals surface area contributed by atoms with E-state index in [1.54, 1.807) is 14.1 Å². The van der Waals surface area contributed by atoms with Gasteiger partial charge in [0.25, 0.3) is 0 Å². The summed E-state index contributed by atoms with van der Waals surface area (Å²) in [6.07, 6.45) is 5.26. The van der Waals surface area contributed by atoms with E-state index in [0.717, 1.165) is 13.0 Å². The van der Waals surface area contributed by atoms with Gasteiger partial charge < -0.3 is 9.88 Å². The Balaban J connectivity index is 2.29. The van der Waals surface area contributed by atoms with E-state index in [-0.39, 0.29) is 5.75 Å². The van der Waals surface area contributed by atoms with Gasteiger partial charge in [0.15, 0.2) is 0 Å². The number of nitrogens with one attached hydrogen (secondary N) is 1. The first-order chi connectivity index (χ1) is 8.45. The minimum absolute atomic E-state index is 0.135. The summed E-state index contributed by atoms with van der Waals surface area (Å²) in [5.41, 5.74) is 1.19. The van der Waals surface area contributed by atoms with Crippen molar-refractivity contribution in [2.45, 2.75) is 26.4 Å². The van der Waals surface area contributed by atoms with Crippen LogP contribution in [0, 0.1) is 0 Å². The summed E-state index contributed by atoms with van der Waals surface area (Å²) < 4.78 is 26.4. The summed E-state index contributed by atoms with van der Waals surface area (Å²) in [4.78, 5) is 0. The predicted octanol–water partition coefficient (Wildman–Crippen LogP) is 0.879. The highest BCUT2D eigenvalue weighted by Crippen LogP contribution is 2.02. The van der Waals surface area contributed by atoms with Crippen LogP contribution in [0.15, 0.2) is 18.5 Å². The highest BCUT2D eigenvalue weighted by Gasteiger charge is 2.12. The van der Waals surface area contributed by atoms with Gasteiger partial charge in [-0.3, -0.25) is 0 Å². The smallest absolute Gasteiger partial charge is 0.214 e. The fraction of sp³-hybridized carbons (Fsp3) is 0.667. The highest BCUT2D eigenvalue weighted by molar-refractivity contribution is 7.89. The number of aryl methyl sites for hydroxylation is 1. The maximum atomic E-state index is 11.5. The number of sulfonamides is 1. The van der Waals surface area contributed by atoms with E-state index in [1.807, 2.05) is 0 Å². The molecule has 1 rings (SSSR count). The van der Waals surface area contributed by atoms with Crippen LogP contribution in [0.25, 0.3) is 0 Å². The predicted molar refractivity (Wildman–Crippen MR) is 73.9 cm³/mol. The van der Waals surface area contributed by atoms with Crippen LogP contribution in [0.4, 0.5) is 0 Å². The molecule has 0 spiro atoms. The molecule has 0 aliphatic rings. The van der Waals surface area contributed by atoms with Crippen molar-refractivity contribution < 1.29 is 8.42 Å². The lowest BCUT2D eigenvalue weighted by Gasteiger charge is -2.11. The van der Waals surface area contributed by atoms with E-state index < -0.39 is 10.0 Å². The largest absolute Gasteiger partial charge is 0.354 e. The molecular formula is C12H23N3O2S. The third-order valence-electron chi connectivity index (χ3n) is 2.72. The van der Waals surface area contributed by atoms with Crippen LogP contribution in [0.1, 0.15) is 18.9 Å². The zero-order valence-electron chi connectivity index (χ0n) is 11.4. The van der Waals surface area contributed by atoms with E-state index in [0.29, 0.717) is 13.1 Å². The van der Waals surface area contributed by atoms with Crippen molar-refractivity contribution in [3.63, 3.8) is 0 Å². The van der Waals surface area contributed by atoms with E-state index >= 15 is 0 Å². The summed E-state index contributed by atoms with van der Waals surface area (Å²) in [6.45, 7) is 4.35. The van der Waals surface area contributed by atoms with E-state index in [2.05, 4.69) is 35.3 Å². The maximum absolute atomic E-state index is 11.5. The molecule has 104 valence electrons. The first-order valence-electron chi connectivity index (χ1n) is 6.21. The lowest BCUT2D eigenvalue weighted by molar-refractivity contribution is 0.517. The fourth-order valence-electron chi connectivity index (χ4n) is 1.61.